The Hall–Kier alpha value is -2.03. The fourth-order valence-electron chi connectivity index (χ4n) is 1.77. The highest BCUT2D eigenvalue weighted by atomic mass is 127. The van der Waals surface area contributed by atoms with E-state index in [4.69, 9.17) is 0 Å². The van der Waals surface area contributed by atoms with Crippen LogP contribution in [0.2, 0.25) is 0 Å². The monoisotopic (exact) mass is 396 g/mol. The lowest BCUT2D eigenvalue weighted by molar-refractivity contribution is -0.120. The van der Waals surface area contributed by atoms with Crippen molar-refractivity contribution in [3.63, 3.8) is 0 Å². The molecule has 0 fully saturated rings. The lowest BCUT2D eigenvalue weighted by Gasteiger charge is -2.16. The number of amides is 2. The van der Waals surface area contributed by atoms with Crippen molar-refractivity contribution in [3.05, 3.63) is 60.2 Å². The second kappa shape index (κ2) is 7.67. The summed E-state index contributed by atoms with van der Waals surface area (Å²) < 4.78 is 2.52. The summed E-state index contributed by atoms with van der Waals surface area (Å²) in [7, 11) is 0. The number of carbonyl (C=O) groups is 2. The van der Waals surface area contributed by atoms with Gasteiger partial charge in [-0.1, -0.05) is 30.3 Å². The molecule has 0 saturated heterocycles. The Morgan fingerprint density at radius 3 is 2.57 bits per heavy atom. The number of nitrogens with one attached hydrogen (secondary N) is 2. The van der Waals surface area contributed by atoms with Gasteiger partial charge in [-0.3, -0.25) is 18.1 Å². The zero-order valence-electron chi connectivity index (χ0n) is 11.0. The summed E-state index contributed by atoms with van der Waals surface area (Å²) in [6.45, 7) is 0. The first-order valence-electron chi connectivity index (χ1n) is 6.22. The average molecular weight is 396 g/mol. The summed E-state index contributed by atoms with van der Waals surface area (Å²) in [5.41, 5.74) is 1.14. The Bertz CT molecular complexity index is 607. The van der Waals surface area contributed by atoms with Crippen LogP contribution in [0.4, 0.5) is 0 Å². The van der Waals surface area contributed by atoms with Crippen LogP contribution in [0, 0.1) is 0 Å². The van der Waals surface area contributed by atoms with Gasteiger partial charge in [-0.25, -0.2) is 4.98 Å². The molecule has 0 saturated carbocycles. The van der Waals surface area contributed by atoms with Crippen molar-refractivity contribution in [3.8, 4) is 0 Å². The quantitative estimate of drug-likeness (QED) is 0.589. The fourth-order valence-corrected chi connectivity index (χ4v) is 2.15. The van der Waals surface area contributed by atoms with Gasteiger partial charge in [-0.15, -0.1) is 0 Å². The van der Waals surface area contributed by atoms with Crippen molar-refractivity contribution in [2.24, 2.45) is 0 Å². The van der Waals surface area contributed by atoms with Crippen LogP contribution in [0.3, 0.4) is 0 Å². The topological polar surface area (TPSA) is 84.0 Å². The Balaban J connectivity index is 2.10. The molecular weight excluding hydrogens is 383 g/mol. The minimum Gasteiger partial charge on any atom is -0.338 e. The number of hydrogen-bond donors (Lipinski definition) is 2. The van der Waals surface area contributed by atoms with Gasteiger partial charge in [-0.2, -0.15) is 0 Å². The molecule has 7 heteroatoms. The Kier molecular flexibility index (Phi) is 5.61. The summed E-state index contributed by atoms with van der Waals surface area (Å²) in [6.07, 6.45) is 4.67. The van der Waals surface area contributed by atoms with E-state index < -0.39 is 11.9 Å². The van der Waals surface area contributed by atoms with Crippen LogP contribution in [0.1, 0.15) is 16.1 Å². The first-order valence-corrected chi connectivity index (χ1v) is 7.30. The molecule has 0 aliphatic rings. The fraction of sp³-hybridized carbons (Fsp3) is 0.143. The molecule has 0 aliphatic heterocycles. The molecule has 1 heterocycles. The molecule has 1 aromatic carbocycles. The van der Waals surface area contributed by atoms with Gasteiger partial charge in [0.05, 0.1) is 29.1 Å². The number of halogens is 1. The average Bonchev–Trinajstić information content (AvgIpc) is 2.55. The highest BCUT2D eigenvalue weighted by Gasteiger charge is 2.21. The molecule has 21 heavy (non-hydrogen) atoms. The standard InChI is InChI=1S/C14H13IN4O2/c15-19-14(21)11(8-10-4-2-1-3-5-10)18-13(20)12-9-16-6-7-17-12/h1-7,9,11H,8H2,(H,18,20)(H,19,21)/t11-/m0/s1. The molecule has 0 aliphatic carbocycles. The molecular formula is C14H13IN4O2. The van der Waals surface area contributed by atoms with E-state index in [9.17, 15) is 9.59 Å². The molecule has 0 bridgehead atoms. The van der Waals surface area contributed by atoms with E-state index in [2.05, 4.69) is 18.8 Å². The van der Waals surface area contributed by atoms with Crippen LogP contribution in [0.15, 0.2) is 48.9 Å². The highest BCUT2D eigenvalue weighted by molar-refractivity contribution is 14.1. The van der Waals surface area contributed by atoms with Crippen molar-refractivity contribution in [1.29, 1.82) is 0 Å². The second-order valence-electron chi connectivity index (χ2n) is 4.27. The minimum atomic E-state index is -0.668. The van der Waals surface area contributed by atoms with Gasteiger partial charge in [0.2, 0.25) is 0 Å². The highest BCUT2D eigenvalue weighted by Crippen LogP contribution is 2.05. The van der Waals surface area contributed by atoms with E-state index in [1.165, 1.54) is 18.6 Å². The maximum atomic E-state index is 12.1. The predicted octanol–water partition coefficient (Wildman–Crippen LogP) is 1.28. The van der Waals surface area contributed by atoms with Crippen molar-refractivity contribution in [2.75, 3.05) is 0 Å². The molecule has 6 nitrogen and oxygen atoms in total. The van der Waals surface area contributed by atoms with E-state index in [-0.39, 0.29) is 11.6 Å². The lowest BCUT2D eigenvalue weighted by atomic mass is 10.1. The van der Waals surface area contributed by atoms with Crippen molar-refractivity contribution in [2.45, 2.75) is 12.5 Å². The molecule has 2 aromatic rings. The van der Waals surface area contributed by atoms with Gasteiger partial charge >= 0.3 is 0 Å². The van der Waals surface area contributed by atoms with Crippen LogP contribution in [0.5, 0.6) is 0 Å². The second-order valence-corrected chi connectivity index (χ2v) is 4.80. The number of hydrogen-bond acceptors (Lipinski definition) is 4. The predicted molar refractivity (Wildman–Crippen MR) is 85.6 cm³/mol. The molecule has 2 rings (SSSR count). The van der Waals surface area contributed by atoms with E-state index in [0.29, 0.717) is 6.42 Å². The summed E-state index contributed by atoms with van der Waals surface area (Å²) >= 11 is 1.75. The number of nitrogens with zero attached hydrogens (tertiary/aromatic N) is 2. The molecule has 0 radical (unpaired) electrons. The number of aromatic nitrogens is 2. The van der Waals surface area contributed by atoms with Gasteiger partial charge in [-0.05, 0) is 5.56 Å². The van der Waals surface area contributed by atoms with Gasteiger partial charge in [0.25, 0.3) is 11.8 Å². The van der Waals surface area contributed by atoms with Gasteiger partial charge in [0.15, 0.2) is 0 Å². The zero-order valence-corrected chi connectivity index (χ0v) is 13.1. The number of carbonyl (C=O) groups excluding carboxylic acids is 2. The lowest BCUT2D eigenvalue weighted by Crippen LogP contribution is -2.46. The van der Waals surface area contributed by atoms with Crippen molar-refractivity contribution in [1.82, 2.24) is 18.8 Å². The van der Waals surface area contributed by atoms with Crippen LogP contribution in [0.25, 0.3) is 0 Å². The molecule has 1 atom stereocenters. The number of rotatable bonds is 5. The zero-order chi connectivity index (χ0) is 15.1. The van der Waals surface area contributed by atoms with Gasteiger partial charge in [0.1, 0.15) is 11.7 Å². The number of benzene rings is 1. The van der Waals surface area contributed by atoms with Gasteiger partial charge in [0, 0.05) is 18.8 Å². The normalized spacial score (nSPS) is 11.5. The SMILES string of the molecule is O=C(N[C@@H](Cc1ccccc1)C(=O)NI)c1cnccn1. The van der Waals surface area contributed by atoms with Crippen LogP contribution in [-0.4, -0.2) is 27.8 Å². The molecule has 2 N–H and O–H groups in total. The summed E-state index contributed by atoms with van der Waals surface area (Å²) in [5.74, 6) is -0.694. The van der Waals surface area contributed by atoms with E-state index in [1.807, 2.05) is 30.3 Å². The Labute approximate surface area is 135 Å². The molecule has 1 aromatic heterocycles. The van der Waals surface area contributed by atoms with Crippen molar-refractivity contribution < 1.29 is 9.59 Å². The molecule has 108 valence electrons. The largest absolute Gasteiger partial charge is 0.338 e. The maximum absolute atomic E-state index is 12.1. The summed E-state index contributed by atoms with van der Waals surface area (Å²) in [6, 6.07) is 8.82. The summed E-state index contributed by atoms with van der Waals surface area (Å²) in [4.78, 5) is 31.7. The van der Waals surface area contributed by atoms with E-state index >= 15 is 0 Å². The molecule has 0 spiro atoms. The Morgan fingerprint density at radius 1 is 1.19 bits per heavy atom. The van der Waals surface area contributed by atoms with E-state index in [1.54, 1.807) is 22.9 Å². The minimum absolute atomic E-state index is 0.178. The van der Waals surface area contributed by atoms with Crippen LogP contribution >= 0.6 is 22.9 Å². The van der Waals surface area contributed by atoms with Crippen LogP contribution < -0.4 is 8.85 Å². The van der Waals surface area contributed by atoms with Gasteiger partial charge < -0.3 is 5.32 Å². The first-order chi connectivity index (χ1) is 10.2. The third-order valence-electron chi connectivity index (χ3n) is 2.79. The molecule has 2 amide bonds. The molecule has 0 unspecified atom stereocenters. The van der Waals surface area contributed by atoms with Crippen LogP contribution in [-0.2, 0) is 11.2 Å². The third-order valence-corrected chi connectivity index (χ3v) is 3.33. The third kappa shape index (κ3) is 4.48. The first kappa shape index (κ1) is 15.4. The smallest absolute Gasteiger partial charge is 0.272 e. The van der Waals surface area contributed by atoms with E-state index in [0.717, 1.165) is 5.56 Å². The maximum Gasteiger partial charge on any atom is 0.272 e. The summed E-state index contributed by atoms with van der Waals surface area (Å²) in [5, 5.41) is 2.67. The van der Waals surface area contributed by atoms with Crippen molar-refractivity contribution >= 4 is 34.7 Å². The Morgan fingerprint density at radius 2 is 1.95 bits per heavy atom.